The predicted octanol–water partition coefficient (Wildman–Crippen LogP) is 2.40. The molecule has 0 aliphatic carbocycles. The number of aryl methyl sites for hydroxylation is 1. The summed E-state index contributed by atoms with van der Waals surface area (Å²) in [6, 6.07) is 8.26. The van der Waals surface area contributed by atoms with Crippen LogP contribution in [0, 0.1) is 6.92 Å². The molecular formula is C14H20N2OS. The first kappa shape index (κ1) is 13.4. The van der Waals surface area contributed by atoms with Crippen molar-refractivity contribution in [1.29, 1.82) is 0 Å². The van der Waals surface area contributed by atoms with E-state index in [-0.39, 0.29) is 18.0 Å². The molecule has 0 bridgehead atoms. The zero-order valence-electron chi connectivity index (χ0n) is 11.1. The van der Waals surface area contributed by atoms with Gasteiger partial charge in [-0.2, -0.15) is 0 Å². The summed E-state index contributed by atoms with van der Waals surface area (Å²) in [4.78, 5) is 14.4. The van der Waals surface area contributed by atoms with Crippen molar-refractivity contribution >= 4 is 23.4 Å². The summed E-state index contributed by atoms with van der Waals surface area (Å²) in [5, 5.41) is 3.25. The van der Waals surface area contributed by atoms with E-state index in [4.69, 9.17) is 0 Å². The standard InChI is InChI=1S/C14H20N2OS/c1-10(2)16(12-6-4-5-11(3)7-12)14(17)13-8-18-9-15-13/h4-7,10,13,15H,8-9H2,1-3H3/t13-/m0/s1. The largest absolute Gasteiger partial charge is 0.309 e. The van der Waals surface area contributed by atoms with Gasteiger partial charge in [0.05, 0.1) is 6.04 Å². The minimum atomic E-state index is -0.0436. The van der Waals surface area contributed by atoms with Gasteiger partial charge in [0.2, 0.25) is 5.91 Å². The van der Waals surface area contributed by atoms with Crippen LogP contribution in [-0.2, 0) is 4.79 Å². The Morgan fingerprint density at radius 1 is 1.50 bits per heavy atom. The number of nitrogens with zero attached hydrogens (tertiary/aromatic N) is 1. The second kappa shape index (κ2) is 5.76. The first-order chi connectivity index (χ1) is 8.59. The summed E-state index contributed by atoms with van der Waals surface area (Å²) in [7, 11) is 0. The molecule has 3 nitrogen and oxygen atoms in total. The number of rotatable bonds is 3. The maximum atomic E-state index is 12.5. The number of benzene rings is 1. The molecule has 0 saturated carbocycles. The fraction of sp³-hybridized carbons (Fsp3) is 0.500. The molecule has 1 aliphatic rings. The SMILES string of the molecule is Cc1cccc(N(C(=O)[C@@H]2CSCN2)C(C)C)c1. The van der Waals surface area contributed by atoms with E-state index in [2.05, 4.69) is 38.2 Å². The number of hydrogen-bond donors (Lipinski definition) is 1. The van der Waals surface area contributed by atoms with E-state index in [0.717, 1.165) is 17.3 Å². The van der Waals surface area contributed by atoms with Gasteiger partial charge in [-0.1, -0.05) is 12.1 Å². The second-order valence-electron chi connectivity index (χ2n) is 4.91. The lowest BCUT2D eigenvalue weighted by molar-refractivity contribution is -0.120. The Morgan fingerprint density at radius 2 is 2.28 bits per heavy atom. The molecule has 0 spiro atoms. The van der Waals surface area contributed by atoms with E-state index in [9.17, 15) is 4.79 Å². The van der Waals surface area contributed by atoms with Crippen molar-refractivity contribution in [2.24, 2.45) is 0 Å². The third-order valence-corrected chi connectivity index (χ3v) is 3.99. The summed E-state index contributed by atoms with van der Waals surface area (Å²) < 4.78 is 0. The Hall–Kier alpha value is -1.00. The summed E-state index contributed by atoms with van der Waals surface area (Å²) in [6.45, 7) is 6.17. The van der Waals surface area contributed by atoms with E-state index in [1.54, 1.807) is 11.8 Å². The number of carbonyl (C=O) groups excluding carboxylic acids is 1. The summed E-state index contributed by atoms with van der Waals surface area (Å²) in [5.41, 5.74) is 2.17. The van der Waals surface area contributed by atoms with Crippen LogP contribution in [0.2, 0.25) is 0 Å². The maximum Gasteiger partial charge on any atom is 0.245 e. The number of thioether (sulfide) groups is 1. The van der Waals surface area contributed by atoms with Crippen molar-refractivity contribution in [3.63, 3.8) is 0 Å². The number of nitrogens with one attached hydrogen (secondary N) is 1. The lowest BCUT2D eigenvalue weighted by atomic mass is 10.1. The number of carbonyl (C=O) groups is 1. The van der Waals surface area contributed by atoms with Crippen molar-refractivity contribution in [2.45, 2.75) is 32.9 Å². The average molecular weight is 264 g/mol. The van der Waals surface area contributed by atoms with Gasteiger partial charge in [-0.15, -0.1) is 11.8 Å². The van der Waals surface area contributed by atoms with E-state index in [1.807, 2.05) is 17.0 Å². The summed E-state index contributed by atoms with van der Waals surface area (Å²) in [5.74, 6) is 1.92. The summed E-state index contributed by atoms with van der Waals surface area (Å²) in [6.07, 6.45) is 0. The molecule has 1 aromatic carbocycles. The van der Waals surface area contributed by atoms with Crippen LogP contribution in [0.3, 0.4) is 0 Å². The molecular weight excluding hydrogens is 244 g/mol. The first-order valence-corrected chi connectivity index (χ1v) is 7.46. The average Bonchev–Trinajstić information content (AvgIpc) is 2.82. The fourth-order valence-electron chi connectivity index (χ4n) is 2.18. The molecule has 18 heavy (non-hydrogen) atoms. The van der Waals surface area contributed by atoms with Gasteiger partial charge in [0, 0.05) is 23.4 Å². The Bertz CT molecular complexity index is 428. The van der Waals surface area contributed by atoms with Crippen molar-refractivity contribution in [3.05, 3.63) is 29.8 Å². The van der Waals surface area contributed by atoms with E-state index < -0.39 is 0 Å². The smallest absolute Gasteiger partial charge is 0.245 e. The zero-order chi connectivity index (χ0) is 13.1. The van der Waals surface area contributed by atoms with E-state index >= 15 is 0 Å². The molecule has 1 aliphatic heterocycles. The van der Waals surface area contributed by atoms with E-state index in [0.29, 0.717) is 0 Å². The minimum Gasteiger partial charge on any atom is -0.309 e. The highest BCUT2D eigenvalue weighted by Crippen LogP contribution is 2.22. The third-order valence-electron chi connectivity index (χ3n) is 3.05. The lowest BCUT2D eigenvalue weighted by Crippen LogP contribution is -2.48. The van der Waals surface area contributed by atoms with Crippen molar-refractivity contribution < 1.29 is 4.79 Å². The van der Waals surface area contributed by atoms with Crippen LogP contribution in [-0.4, -0.2) is 29.6 Å². The molecule has 1 saturated heterocycles. The second-order valence-corrected chi connectivity index (χ2v) is 5.94. The van der Waals surface area contributed by atoms with Crippen LogP contribution in [0.4, 0.5) is 5.69 Å². The number of anilines is 1. The monoisotopic (exact) mass is 264 g/mol. The van der Waals surface area contributed by atoms with Gasteiger partial charge in [-0.25, -0.2) is 0 Å². The van der Waals surface area contributed by atoms with Gasteiger partial charge in [-0.3, -0.25) is 10.1 Å². The third kappa shape index (κ3) is 2.87. The molecule has 1 N–H and O–H groups in total. The molecule has 0 radical (unpaired) electrons. The predicted molar refractivity (Wildman–Crippen MR) is 78.0 cm³/mol. The molecule has 0 aromatic heterocycles. The number of amides is 1. The van der Waals surface area contributed by atoms with Gasteiger partial charge in [0.1, 0.15) is 0 Å². The molecule has 4 heteroatoms. The van der Waals surface area contributed by atoms with Crippen LogP contribution in [0.15, 0.2) is 24.3 Å². The Kier molecular flexibility index (Phi) is 4.30. The molecule has 1 amide bonds. The molecule has 98 valence electrons. The highest BCUT2D eigenvalue weighted by molar-refractivity contribution is 7.99. The molecule has 1 fully saturated rings. The van der Waals surface area contributed by atoms with Crippen LogP contribution < -0.4 is 10.2 Å². The van der Waals surface area contributed by atoms with Gasteiger partial charge >= 0.3 is 0 Å². The molecule has 1 atom stereocenters. The Morgan fingerprint density at radius 3 is 2.83 bits per heavy atom. The van der Waals surface area contributed by atoms with Crippen molar-refractivity contribution in [2.75, 3.05) is 16.5 Å². The van der Waals surface area contributed by atoms with Gasteiger partial charge < -0.3 is 4.90 Å². The highest BCUT2D eigenvalue weighted by atomic mass is 32.2. The topological polar surface area (TPSA) is 32.3 Å². The van der Waals surface area contributed by atoms with Crippen molar-refractivity contribution in [3.8, 4) is 0 Å². The molecule has 1 heterocycles. The van der Waals surface area contributed by atoms with Crippen LogP contribution in [0.5, 0.6) is 0 Å². The summed E-state index contributed by atoms with van der Waals surface area (Å²) >= 11 is 1.78. The van der Waals surface area contributed by atoms with Gasteiger partial charge in [0.25, 0.3) is 0 Å². The molecule has 2 rings (SSSR count). The molecule has 1 aromatic rings. The Labute approximate surface area is 113 Å². The highest BCUT2D eigenvalue weighted by Gasteiger charge is 2.29. The van der Waals surface area contributed by atoms with Crippen molar-refractivity contribution in [1.82, 2.24) is 5.32 Å². The number of hydrogen-bond acceptors (Lipinski definition) is 3. The normalized spacial score (nSPS) is 19.2. The first-order valence-electron chi connectivity index (χ1n) is 6.30. The van der Waals surface area contributed by atoms with Gasteiger partial charge in [0.15, 0.2) is 0 Å². The molecule has 0 unspecified atom stereocenters. The fourth-order valence-corrected chi connectivity index (χ4v) is 3.11. The van der Waals surface area contributed by atoms with Crippen LogP contribution in [0.1, 0.15) is 19.4 Å². The van der Waals surface area contributed by atoms with E-state index in [1.165, 1.54) is 5.56 Å². The maximum absolute atomic E-state index is 12.5. The lowest BCUT2D eigenvalue weighted by Gasteiger charge is -2.29. The van der Waals surface area contributed by atoms with Crippen LogP contribution in [0.25, 0.3) is 0 Å². The minimum absolute atomic E-state index is 0.0436. The Balaban J connectivity index is 2.25. The van der Waals surface area contributed by atoms with Crippen LogP contribution >= 0.6 is 11.8 Å². The quantitative estimate of drug-likeness (QED) is 0.910. The zero-order valence-corrected chi connectivity index (χ0v) is 12.0. The van der Waals surface area contributed by atoms with Gasteiger partial charge in [-0.05, 0) is 38.5 Å².